The number of piperazine rings is 1. The largest absolute Gasteiger partial charge is 0.497 e. The lowest BCUT2D eigenvalue weighted by atomic mass is 10.2. The predicted octanol–water partition coefficient (Wildman–Crippen LogP) is 4.21. The molecule has 1 fully saturated rings. The minimum atomic E-state index is -0.489. The quantitative estimate of drug-likeness (QED) is 0.320. The molecule has 4 aromatic rings. The number of fused-ring (bicyclic) bond motifs is 1. The van der Waals surface area contributed by atoms with Gasteiger partial charge in [0.05, 0.1) is 27.9 Å². The monoisotopic (exact) mass is 481 g/mol. The van der Waals surface area contributed by atoms with Crippen LogP contribution in [0.1, 0.15) is 0 Å². The van der Waals surface area contributed by atoms with Crippen LogP contribution in [0.2, 0.25) is 0 Å². The third-order valence-corrected chi connectivity index (χ3v) is 6.51. The maximum Gasteiger partial charge on any atom is 0.353 e. The summed E-state index contributed by atoms with van der Waals surface area (Å²) in [5.74, 6) is 0.701. The highest BCUT2D eigenvalue weighted by Crippen LogP contribution is 2.37. The molecule has 0 aliphatic carbocycles. The summed E-state index contributed by atoms with van der Waals surface area (Å²) in [5.41, 5.74) is 1.04. The lowest BCUT2D eigenvalue weighted by Crippen LogP contribution is -2.47. The Hall–Kier alpha value is -4.06. The van der Waals surface area contributed by atoms with Crippen molar-refractivity contribution < 1.29 is 14.1 Å². The van der Waals surface area contributed by atoms with Crippen LogP contribution >= 0.6 is 11.3 Å². The summed E-state index contributed by atoms with van der Waals surface area (Å²) in [4.78, 5) is 28.1. The van der Waals surface area contributed by atoms with E-state index in [4.69, 9.17) is 4.74 Å². The molecule has 0 saturated carbocycles. The van der Waals surface area contributed by atoms with Gasteiger partial charge in [-0.1, -0.05) is 23.5 Å². The smallest absolute Gasteiger partial charge is 0.353 e. The second-order valence-corrected chi connectivity index (χ2v) is 8.59. The number of hydrogen-bond donors (Lipinski definition) is 1. The SMILES string of the molecule is COc1ccc2nc(Nc3ncnc(N4CCN(c5ccccc5F)CC4)c3[N+](=O)[O-])sc2c1. The van der Waals surface area contributed by atoms with Gasteiger partial charge in [0.25, 0.3) is 0 Å². The molecule has 5 rings (SSSR count). The second kappa shape index (κ2) is 9.06. The molecule has 1 saturated heterocycles. The topological polar surface area (TPSA) is 110 Å². The number of nitrogens with zero attached hydrogens (tertiary/aromatic N) is 6. The molecule has 174 valence electrons. The Morgan fingerprint density at radius 3 is 2.62 bits per heavy atom. The summed E-state index contributed by atoms with van der Waals surface area (Å²) in [5, 5.41) is 15.5. The van der Waals surface area contributed by atoms with E-state index in [9.17, 15) is 14.5 Å². The Bertz CT molecular complexity index is 1360. The normalized spacial score (nSPS) is 13.8. The van der Waals surface area contributed by atoms with Crippen LogP contribution < -0.4 is 19.9 Å². The first-order valence-electron chi connectivity index (χ1n) is 10.5. The molecule has 0 bridgehead atoms. The van der Waals surface area contributed by atoms with E-state index in [2.05, 4.69) is 20.3 Å². The van der Waals surface area contributed by atoms with Crippen LogP contribution in [0.25, 0.3) is 10.2 Å². The minimum absolute atomic E-state index is 0.0672. The number of anilines is 4. The van der Waals surface area contributed by atoms with Crippen LogP contribution in [0.15, 0.2) is 48.8 Å². The van der Waals surface area contributed by atoms with E-state index in [1.54, 1.807) is 31.4 Å². The highest BCUT2D eigenvalue weighted by molar-refractivity contribution is 7.22. The van der Waals surface area contributed by atoms with Crippen LogP contribution in [0.3, 0.4) is 0 Å². The van der Waals surface area contributed by atoms with Gasteiger partial charge in [-0.15, -0.1) is 0 Å². The van der Waals surface area contributed by atoms with Crippen molar-refractivity contribution in [2.24, 2.45) is 0 Å². The van der Waals surface area contributed by atoms with Crippen LogP contribution in [0.5, 0.6) is 5.75 Å². The third kappa shape index (κ3) is 4.15. The van der Waals surface area contributed by atoms with Crippen LogP contribution in [0, 0.1) is 15.9 Å². The molecule has 34 heavy (non-hydrogen) atoms. The average Bonchev–Trinajstić information content (AvgIpc) is 3.25. The fourth-order valence-corrected chi connectivity index (χ4v) is 4.81. The van der Waals surface area contributed by atoms with Crippen molar-refractivity contribution in [2.45, 2.75) is 0 Å². The summed E-state index contributed by atoms with van der Waals surface area (Å²) in [6.45, 7) is 1.91. The van der Waals surface area contributed by atoms with Gasteiger partial charge in [0.2, 0.25) is 11.6 Å². The number of nitro groups is 1. The summed E-state index contributed by atoms with van der Waals surface area (Å²) in [6, 6.07) is 12.1. The standard InChI is InChI=1S/C22H20FN7O3S/c1-33-14-6-7-16-18(12-14)34-22(26-16)27-20-19(30(31)32)21(25-13-24-20)29-10-8-28(9-11-29)17-5-3-2-4-15(17)23/h2-7,12-13H,8-11H2,1H3,(H,24,25,26,27). The molecule has 0 spiro atoms. The van der Waals surface area contributed by atoms with Gasteiger partial charge in [0, 0.05) is 26.2 Å². The van der Waals surface area contributed by atoms with Gasteiger partial charge in [0.15, 0.2) is 5.13 Å². The van der Waals surface area contributed by atoms with Crippen molar-refractivity contribution in [2.75, 3.05) is 48.4 Å². The predicted molar refractivity (Wildman–Crippen MR) is 129 cm³/mol. The van der Waals surface area contributed by atoms with Gasteiger partial charge < -0.3 is 19.9 Å². The Morgan fingerprint density at radius 2 is 1.88 bits per heavy atom. The Morgan fingerprint density at radius 1 is 1.12 bits per heavy atom. The number of ether oxygens (including phenoxy) is 1. The van der Waals surface area contributed by atoms with Crippen molar-refractivity contribution in [3.63, 3.8) is 0 Å². The maximum atomic E-state index is 14.2. The zero-order valence-corrected chi connectivity index (χ0v) is 19.0. The molecular weight excluding hydrogens is 461 g/mol. The summed E-state index contributed by atoms with van der Waals surface area (Å²) >= 11 is 1.34. The summed E-state index contributed by atoms with van der Waals surface area (Å²) in [7, 11) is 1.59. The number of rotatable bonds is 6. The lowest BCUT2D eigenvalue weighted by molar-refractivity contribution is -0.383. The molecule has 0 unspecified atom stereocenters. The number of para-hydroxylation sites is 1. The molecule has 2 aromatic heterocycles. The number of aromatic nitrogens is 3. The van der Waals surface area contributed by atoms with Crippen LogP contribution in [-0.2, 0) is 0 Å². The fourth-order valence-electron chi connectivity index (χ4n) is 3.91. The molecule has 1 N–H and O–H groups in total. The number of nitrogens with one attached hydrogen (secondary N) is 1. The van der Waals surface area contributed by atoms with Crippen molar-refractivity contribution in [1.29, 1.82) is 0 Å². The second-order valence-electron chi connectivity index (χ2n) is 7.55. The minimum Gasteiger partial charge on any atom is -0.497 e. The molecule has 12 heteroatoms. The number of benzene rings is 2. The zero-order valence-electron chi connectivity index (χ0n) is 18.1. The fraction of sp³-hybridized carbons (Fsp3) is 0.227. The van der Waals surface area contributed by atoms with Crippen molar-refractivity contribution >= 4 is 49.7 Å². The Labute approximate surface area is 197 Å². The first-order valence-corrected chi connectivity index (χ1v) is 11.3. The molecule has 3 heterocycles. The van der Waals surface area contributed by atoms with Gasteiger partial charge in [-0.05, 0) is 30.3 Å². The summed E-state index contributed by atoms with van der Waals surface area (Å²) < 4.78 is 20.3. The van der Waals surface area contributed by atoms with Crippen molar-refractivity contribution in [3.8, 4) is 5.75 Å². The molecule has 1 aliphatic rings. The Kier molecular flexibility index (Phi) is 5.80. The van der Waals surface area contributed by atoms with E-state index in [0.717, 1.165) is 10.2 Å². The summed E-state index contributed by atoms with van der Waals surface area (Å²) in [6.07, 6.45) is 1.30. The molecule has 0 amide bonds. The van der Waals surface area contributed by atoms with Crippen LogP contribution in [0.4, 0.5) is 32.5 Å². The van der Waals surface area contributed by atoms with Gasteiger partial charge in [-0.25, -0.2) is 19.3 Å². The maximum absolute atomic E-state index is 14.2. The molecule has 2 aromatic carbocycles. The van der Waals surface area contributed by atoms with E-state index < -0.39 is 4.92 Å². The third-order valence-electron chi connectivity index (χ3n) is 5.58. The van der Waals surface area contributed by atoms with E-state index in [1.165, 1.54) is 23.7 Å². The van der Waals surface area contributed by atoms with Crippen molar-refractivity contribution in [1.82, 2.24) is 15.0 Å². The van der Waals surface area contributed by atoms with E-state index in [0.29, 0.717) is 42.7 Å². The molecule has 0 radical (unpaired) electrons. The van der Waals surface area contributed by atoms with E-state index in [-0.39, 0.29) is 23.1 Å². The van der Waals surface area contributed by atoms with Gasteiger partial charge >= 0.3 is 5.69 Å². The first kappa shape index (κ1) is 21.8. The highest BCUT2D eigenvalue weighted by atomic mass is 32.1. The van der Waals surface area contributed by atoms with Gasteiger partial charge in [-0.3, -0.25) is 10.1 Å². The van der Waals surface area contributed by atoms with E-state index in [1.807, 2.05) is 21.9 Å². The van der Waals surface area contributed by atoms with Crippen molar-refractivity contribution in [3.05, 3.63) is 64.7 Å². The molecule has 0 atom stereocenters. The number of hydrogen-bond acceptors (Lipinski definition) is 10. The zero-order chi connectivity index (χ0) is 23.7. The molecule has 10 nitrogen and oxygen atoms in total. The van der Waals surface area contributed by atoms with Gasteiger partial charge in [-0.2, -0.15) is 0 Å². The highest BCUT2D eigenvalue weighted by Gasteiger charge is 2.30. The molecular formula is C22H20FN7O3S. The first-order chi connectivity index (χ1) is 16.5. The number of halogens is 1. The number of thiazole rings is 1. The molecule has 1 aliphatic heterocycles. The van der Waals surface area contributed by atoms with Crippen LogP contribution in [-0.4, -0.2) is 53.2 Å². The number of methoxy groups -OCH3 is 1. The average molecular weight is 482 g/mol. The lowest BCUT2D eigenvalue weighted by Gasteiger charge is -2.36. The Balaban J connectivity index is 1.39. The van der Waals surface area contributed by atoms with E-state index >= 15 is 0 Å². The van der Waals surface area contributed by atoms with Gasteiger partial charge in [0.1, 0.15) is 17.9 Å².